The Morgan fingerprint density at radius 2 is 2.24 bits per heavy atom. The number of nitriles is 1. The largest absolute Gasteiger partial charge is 0.435 e. The van der Waals surface area contributed by atoms with E-state index < -0.39 is 6.61 Å². The third-order valence-corrected chi connectivity index (χ3v) is 2.18. The van der Waals surface area contributed by atoms with E-state index in [4.69, 9.17) is 11.0 Å². The van der Waals surface area contributed by atoms with Gasteiger partial charge in [0.25, 0.3) is 0 Å². The SMILES string of the molecule is CC/C(C#N)=C(/N)c1cccc(OC(F)F)c1. The zero-order valence-corrected chi connectivity index (χ0v) is 9.28. The second-order valence-electron chi connectivity index (χ2n) is 3.26. The number of allylic oxidation sites excluding steroid dienone is 1. The third kappa shape index (κ3) is 3.45. The predicted molar refractivity (Wildman–Crippen MR) is 60.1 cm³/mol. The van der Waals surface area contributed by atoms with Crippen LogP contribution in [0.1, 0.15) is 18.9 Å². The summed E-state index contributed by atoms with van der Waals surface area (Å²) in [6.07, 6.45) is 0.488. The van der Waals surface area contributed by atoms with Gasteiger partial charge in [-0.25, -0.2) is 0 Å². The van der Waals surface area contributed by atoms with Gasteiger partial charge in [0.1, 0.15) is 5.75 Å². The third-order valence-electron chi connectivity index (χ3n) is 2.18. The molecule has 0 fully saturated rings. The topological polar surface area (TPSA) is 59.0 Å². The van der Waals surface area contributed by atoms with Crippen LogP contribution in [-0.2, 0) is 0 Å². The molecule has 1 aromatic rings. The Morgan fingerprint density at radius 1 is 1.53 bits per heavy atom. The fraction of sp³-hybridized carbons (Fsp3) is 0.250. The van der Waals surface area contributed by atoms with Crippen LogP contribution in [-0.4, -0.2) is 6.61 Å². The van der Waals surface area contributed by atoms with Crippen LogP contribution >= 0.6 is 0 Å². The van der Waals surface area contributed by atoms with Crippen molar-refractivity contribution in [3.8, 4) is 11.8 Å². The van der Waals surface area contributed by atoms with Crippen LogP contribution < -0.4 is 10.5 Å². The van der Waals surface area contributed by atoms with Gasteiger partial charge in [-0.2, -0.15) is 14.0 Å². The number of ether oxygens (including phenoxy) is 1. The molecule has 0 saturated carbocycles. The lowest BCUT2D eigenvalue weighted by molar-refractivity contribution is -0.0498. The number of hydrogen-bond donors (Lipinski definition) is 1. The van der Waals surface area contributed by atoms with Crippen molar-refractivity contribution in [3.05, 3.63) is 35.4 Å². The van der Waals surface area contributed by atoms with Crippen molar-refractivity contribution in [2.75, 3.05) is 0 Å². The highest BCUT2D eigenvalue weighted by Gasteiger charge is 2.08. The normalized spacial score (nSPS) is 11.9. The highest BCUT2D eigenvalue weighted by molar-refractivity contribution is 5.69. The number of nitrogens with two attached hydrogens (primary N) is 1. The molecule has 2 N–H and O–H groups in total. The van der Waals surface area contributed by atoms with E-state index in [1.54, 1.807) is 19.1 Å². The lowest BCUT2D eigenvalue weighted by atomic mass is 10.1. The Balaban J connectivity index is 3.08. The van der Waals surface area contributed by atoms with Crippen LogP contribution in [0.25, 0.3) is 5.70 Å². The fourth-order valence-electron chi connectivity index (χ4n) is 1.34. The maximum Gasteiger partial charge on any atom is 0.387 e. The number of hydrogen-bond acceptors (Lipinski definition) is 3. The molecule has 0 bridgehead atoms. The Hall–Kier alpha value is -2.09. The molecule has 0 unspecified atom stereocenters. The number of rotatable bonds is 4. The van der Waals surface area contributed by atoms with E-state index in [0.29, 0.717) is 17.6 Å². The molecule has 0 aliphatic rings. The Labute approximate surface area is 98.1 Å². The lowest BCUT2D eigenvalue weighted by Gasteiger charge is -2.08. The predicted octanol–water partition coefficient (Wildman–Crippen LogP) is 2.89. The Morgan fingerprint density at radius 3 is 2.76 bits per heavy atom. The summed E-state index contributed by atoms with van der Waals surface area (Å²) in [6.45, 7) is -1.08. The minimum Gasteiger partial charge on any atom is -0.435 e. The summed E-state index contributed by atoms with van der Waals surface area (Å²) in [5.41, 5.74) is 6.98. The van der Waals surface area contributed by atoms with Gasteiger partial charge in [-0.3, -0.25) is 0 Å². The molecule has 0 aliphatic carbocycles. The second-order valence-corrected chi connectivity index (χ2v) is 3.26. The van der Waals surface area contributed by atoms with Crippen molar-refractivity contribution in [1.29, 1.82) is 5.26 Å². The summed E-state index contributed by atoms with van der Waals surface area (Å²) in [7, 11) is 0. The average molecular weight is 238 g/mol. The van der Waals surface area contributed by atoms with Gasteiger partial charge < -0.3 is 10.5 Å². The van der Waals surface area contributed by atoms with Crippen LogP contribution in [0, 0.1) is 11.3 Å². The molecular weight excluding hydrogens is 226 g/mol. The summed E-state index contributed by atoms with van der Waals surface area (Å²) in [5, 5.41) is 8.83. The molecule has 1 aromatic carbocycles. The molecule has 5 heteroatoms. The zero-order valence-electron chi connectivity index (χ0n) is 9.28. The van der Waals surface area contributed by atoms with Gasteiger partial charge in [0, 0.05) is 5.56 Å². The van der Waals surface area contributed by atoms with Crippen molar-refractivity contribution in [2.24, 2.45) is 5.73 Å². The van der Waals surface area contributed by atoms with E-state index in [1.165, 1.54) is 12.1 Å². The molecule has 0 aliphatic heterocycles. The van der Waals surface area contributed by atoms with Gasteiger partial charge in [0.05, 0.1) is 17.3 Å². The van der Waals surface area contributed by atoms with Crippen LogP contribution in [0.15, 0.2) is 29.8 Å². The van der Waals surface area contributed by atoms with E-state index in [1.807, 2.05) is 6.07 Å². The molecule has 0 radical (unpaired) electrons. The van der Waals surface area contributed by atoms with Gasteiger partial charge in [0.15, 0.2) is 0 Å². The maximum absolute atomic E-state index is 12.0. The first kappa shape index (κ1) is 13.0. The van der Waals surface area contributed by atoms with Crippen molar-refractivity contribution in [3.63, 3.8) is 0 Å². The van der Waals surface area contributed by atoms with Gasteiger partial charge >= 0.3 is 6.61 Å². The first-order valence-corrected chi connectivity index (χ1v) is 5.02. The average Bonchev–Trinajstić information content (AvgIpc) is 2.30. The summed E-state index contributed by atoms with van der Waals surface area (Å²) < 4.78 is 28.3. The number of nitrogens with zero attached hydrogens (tertiary/aromatic N) is 1. The number of benzene rings is 1. The summed E-state index contributed by atoms with van der Waals surface area (Å²) in [6, 6.07) is 7.95. The number of halogens is 2. The molecular formula is C12H12F2N2O. The van der Waals surface area contributed by atoms with Gasteiger partial charge in [-0.1, -0.05) is 19.1 Å². The number of alkyl halides is 2. The summed E-state index contributed by atoms with van der Waals surface area (Å²) >= 11 is 0. The van der Waals surface area contributed by atoms with Gasteiger partial charge in [0.2, 0.25) is 0 Å². The molecule has 0 atom stereocenters. The van der Waals surface area contributed by atoms with Crippen molar-refractivity contribution >= 4 is 5.70 Å². The first-order chi connectivity index (χ1) is 8.08. The van der Waals surface area contributed by atoms with E-state index in [2.05, 4.69) is 4.74 Å². The van der Waals surface area contributed by atoms with Crippen LogP contribution in [0.2, 0.25) is 0 Å². The molecule has 3 nitrogen and oxygen atoms in total. The van der Waals surface area contributed by atoms with Crippen LogP contribution in [0.5, 0.6) is 5.75 Å². The maximum atomic E-state index is 12.0. The standard InChI is InChI=1S/C12H12F2N2O/c1-2-8(7-15)11(16)9-4-3-5-10(6-9)17-12(13)14/h3-6,12H,2,16H2,1H3/b11-8-. The molecule has 17 heavy (non-hydrogen) atoms. The zero-order chi connectivity index (χ0) is 12.8. The van der Waals surface area contributed by atoms with Crippen molar-refractivity contribution in [1.82, 2.24) is 0 Å². The molecule has 90 valence electrons. The lowest BCUT2D eigenvalue weighted by Crippen LogP contribution is -2.04. The molecule has 0 aromatic heterocycles. The highest BCUT2D eigenvalue weighted by atomic mass is 19.3. The summed E-state index contributed by atoms with van der Waals surface area (Å²) in [5.74, 6) is 0.0221. The van der Waals surface area contributed by atoms with Gasteiger partial charge in [-0.05, 0) is 18.6 Å². The molecule has 0 spiro atoms. The van der Waals surface area contributed by atoms with Crippen molar-refractivity contribution in [2.45, 2.75) is 20.0 Å². The second kappa shape index (κ2) is 5.85. The fourth-order valence-corrected chi connectivity index (χ4v) is 1.34. The van der Waals surface area contributed by atoms with E-state index in [-0.39, 0.29) is 11.4 Å². The first-order valence-electron chi connectivity index (χ1n) is 5.02. The van der Waals surface area contributed by atoms with E-state index in [0.717, 1.165) is 0 Å². The van der Waals surface area contributed by atoms with E-state index in [9.17, 15) is 8.78 Å². The minimum atomic E-state index is -2.88. The van der Waals surface area contributed by atoms with Crippen LogP contribution in [0.4, 0.5) is 8.78 Å². The van der Waals surface area contributed by atoms with Gasteiger partial charge in [-0.15, -0.1) is 0 Å². The van der Waals surface area contributed by atoms with Crippen molar-refractivity contribution < 1.29 is 13.5 Å². The molecule has 0 heterocycles. The summed E-state index contributed by atoms with van der Waals surface area (Å²) in [4.78, 5) is 0. The smallest absolute Gasteiger partial charge is 0.387 e. The molecule has 0 amide bonds. The Bertz CT molecular complexity index is 464. The highest BCUT2D eigenvalue weighted by Crippen LogP contribution is 2.21. The van der Waals surface area contributed by atoms with E-state index >= 15 is 0 Å². The quantitative estimate of drug-likeness (QED) is 0.820. The molecule has 0 saturated heterocycles. The monoisotopic (exact) mass is 238 g/mol. The molecule has 1 rings (SSSR count). The minimum absolute atomic E-state index is 0.0221. The Kier molecular flexibility index (Phi) is 4.46. The van der Waals surface area contributed by atoms with Crippen LogP contribution in [0.3, 0.4) is 0 Å².